The molecule has 1 heterocycles. The first kappa shape index (κ1) is 17.9. The molecule has 0 radical (unpaired) electrons. The van der Waals surface area contributed by atoms with Crippen LogP contribution in [0, 0.1) is 0 Å². The molecule has 2 aromatic rings. The van der Waals surface area contributed by atoms with Gasteiger partial charge in [0.15, 0.2) is 5.96 Å². The highest BCUT2D eigenvalue weighted by atomic mass is 127. The van der Waals surface area contributed by atoms with Gasteiger partial charge in [-0.15, -0.1) is 35.3 Å². The van der Waals surface area contributed by atoms with Crippen LogP contribution in [0.4, 0.5) is 0 Å². The van der Waals surface area contributed by atoms with Crippen molar-refractivity contribution in [1.29, 1.82) is 0 Å². The second-order valence-corrected chi connectivity index (χ2v) is 5.34. The lowest BCUT2D eigenvalue weighted by atomic mass is 10.1. The number of nitrogens with zero attached hydrogens (tertiary/aromatic N) is 2. The van der Waals surface area contributed by atoms with Gasteiger partial charge in [0.05, 0.1) is 17.2 Å². The molecular weight excluding hydrogens is 395 g/mol. The molecular formula is C15H21IN4S. The van der Waals surface area contributed by atoms with E-state index in [0.29, 0.717) is 6.54 Å². The Bertz CT molecular complexity index is 554. The zero-order valence-corrected chi connectivity index (χ0v) is 15.4. The lowest BCUT2D eigenvalue weighted by Crippen LogP contribution is -2.34. The van der Waals surface area contributed by atoms with Crippen molar-refractivity contribution in [3.8, 4) is 0 Å². The summed E-state index contributed by atoms with van der Waals surface area (Å²) in [6.07, 6.45) is 2.04. The number of aryl methyl sites for hydroxylation is 2. The quantitative estimate of drug-likeness (QED) is 0.448. The van der Waals surface area contributed by atoms with Gasteiger partial charge in [-0.05, 0) is 12.0 Å². The molecule has 2 N–H and O–H groups in total. The van der Waals surface area contributed by atoms with Gasteiger partial charge in [0.25, 0.3) is 0 Å². The molecule has 21 heavy (non-hydrogen) atoms. The van der Waals surface area contributed by atoms with Gasteiger partial charge in [-0.2, -0.15) is 0 Å². The van der Waals surface area contributed by atoms with E-state index in [9.17, 15) is 0 Å². The van der Waals surface area contributed by atoms with Gasteiger partial charge in [0.2, 0.25) is 0 Å². The zero-order chi connectivity index (χ0) is 14.2. The van der Waals surface area contributed by atoms with Gasteiger partial charge >= 0.3 is 0 Å². The van der Waals surface area contributed by atoms with Crippen molar-refractivity contribution in [2.75, 3.05) is 14.1 Å². The maximum Gasteiger partial charge on any atom is 0.191 e. The van der Waals surface area contributed by atoms with Crippen LogP contribution in [0.15, 0.2) is 40.7 Å². The van der Waals surface area contributed by atoms with Gasteiger partial charge in [0, 0.05) is 25.9 Å². The highest BCUT2D eigenvalue weighted by Crippen LogP contribution is 2.13. The summed E-state index contributed by atoms with van der Waals surface area (Å²) >= 11 is 1.72. The SMILES string of the molecule is CN=C(NC)NCc1csc(CCc2ccccc2)n1.I. The predicted molar refractivity (Wildman–Crippen MR) is 101 cm³/mol. The molecule has 2 rings (SSSR count). The summed E-state index contributed by atoms with van der Waals surface area (Å²) in [5.41, 5.74) is 2.42. The van der Waals surface area contributed by atoms with E-state index < -0.39 is 0 Å². The average molecular weight is 416 g/mol. The molecule has 0 aliphatic heterocycles. The third-order valence-corrected chi connectivity index (χ3v) is 3.92. The number of hydrogen-bond donors (Lipinski definition) is 2. The van der Waals surface area contributed by atoms with Crippen molar-refractivity contribution in [2.24, 2.45) is 4.99 Å². The summed E-state index contributed by atoms with van der Waals surface area (Å²) in [5, 5.41) is 9.49. The third kappa shape index (κ3) is 6.01. The maximum atomic E-state index is 4.64. The molecule has 0 aliphatic carbocycles. The highest BCUT2D eigenvalue weighted by Gasteiger charge is 2.03. The lowest BCUT2D eigenvalue weighted by Gasteiger charge is -2.05. The molecule has 6 heteroatoms. The lowest BCUT2D eigenvalue weighted by molar-refractivity contribution is 0.831. The highest BCUT2D eigenvalue weighted by molar-refractivity contribution is 14.0. The van der Waals surface area contributed by atoms with Gasteiger partial charge in [-0.3, -0.25) is 4.99 Å². The zero-order valence-electron chi connectivity index (χ0n) is 12.3. The number of guanidine groups is 1. The van der Waals surface area contributed by atoms with Crippen molar-refractivity contribution in [3.63, 3.8) is 0 Å². The Kier molecular flexibility index (Phi) is 8.29. The molecule has 4 nitrogen and oxygen atoms in total. The van der Waals surface area contributed by atoms with Crippen LogP contribution < -0.4 is 10.6 Å². The van der Waals surface area contributed by atoms with Crippen LogP contribution in [-0.2, 0) is 19.4 Å². The third-order valence-electron chi connectivity index (χ3n) is 2.97. The summed E-state index contributed by atoms with van der Waals surface area (Å²) in [6.45, 7) is 0.704. The first-order valence-corrected chi connectivity index (χ1v) is 7.55. The van der Waals surface area contributed by atoms with Gasteiger partial charge in [-0.25, -0.2) is 4.98 Å². The summed E-state index contributed by atoms with van der Waals surface area (Å²) < 4.78 is 0. The smallest absolute Gasteiger partial charge is 0.191 e. The van der Waals surface area contributed by atoms with Crippen LogP contribution in [0.3, 0.4) is 0 Å². The number of rotatable bonds is 5. The Morgan fingerprint density at radius 1 is 1.24 bits per heavy atom. The molecule has 0 aliphatic rings. The average Bonchev–Trinajstić information content (AvgIpc) is 2.95. The van der Waals surface area contributed by atoms with Crippen molar-refractivity contribution < 1.29 is 0 Å². The van der Waals surface area contributed by atoms with E-state index in [0.717, 1.165) is 24.5 Å². The van der Waals surface area contributed by atoms with E-state index in [1.807, 2.05) is 13.1 Å². The van der Waals surface area contributed by atoms with Crippen LogP contribution in [-0.4, -0.2) is 25.0 Å². The Hall–Kier alpha value is -1.15. The molecule has 0 unspecified atom stereocenters. The number of aromatic nitrogens is 1. The van der Waals surface area contributed by atoms with Gasteiger partial charge in [0.1, 0.15) is 0 Å². The summed E-state index contributed by atoms with van der Waals surface area (Å²) in [7, 11) is 3.60. The minimum Gasteiger partial charge on any atom is -0.359 e. The van der Waals surface area contributed by atoms with Gasteiger partial charge < -0.3 is 10.6 Å². The minimum atomic E-state index is 0. The van der Waals surface area contributed by atoms with Crippen molar-refractivity contribution in [2.45, 2.75) is 19.4 Å². The number of nitrogens with one attached hydrogen (secondary N) is 2. The van der Waals surface area contributed by atoms with Crippen LogP contribution in [0.25, 0.3) is 0 Å². The molecule has 0 bridgehead atoms. The normalized spacial score (nSPS) is 10.9. The van der Waals surface area contributed by atoms with Crippen molar-refractivity contribution >= 4 is 41.3 Å². The molecule has 0 atom stereocenters. The fraction of sp³-hybridized carbons (Fsp3) is 0.333. The Balaban J connectivity index is 0.00000220. The second-order valence-electron chi connectivity index (χ2n) is 4.39. The molecule has 1 aromatic carbocycles. The maximum absolute atomic E-state index is 4.64. The van der Waals surface area contributed by atoms with E-state index in [1.54, 1.807) is 18.4 Å². The Labute approximate surface area is 147 Å². The van der Waals surface area contributed by atoms with Crippen molar-refractivity contribution in [3.05, 3.63) is 52.0 Å². The Morgan fingerprint density at radius 2 is 2.00 bits per heavy atom. The fourth-order valence-corrected chi connectivity index (χ4v) is 2.69. The topological polar surface area (TPSA) is 49.3 Å². The van der Waals surface area contributed by atoms with Gasteiger partial charge in [-0.1, -0.05) is 30.3 Å². The van der Waals surface area contributed by atoms with Crippen LogP contribution in [0.1, 0.15) is 16.3 Å². The standard InChI is InChI=1S/C15H20N4S.HI/c1-16-15(17-2)18-10-13-11-20-14(19-13)9-8-12-6-4-3-5-7-12;/h3-7,11H,8-10H2,1-2H3,(H2,16,17,18);1H. The molecule has 0 amide bonds. The molecule has 114 valence electrons. The number of thiazole rings is 1. The van der Waals surface area contributed by atoms with Crippen molar-refractivity contribution in [1.82, 2.24) is 15.6 Å². The van der Waals surface area contributed by atoms with E-state index in [2.05, 4.69) is 50.3 Å². The monoisotopic (exact) mass is 416 g/mol. The van der Waals surface area contributed by atoms with E-state index in [-0.39, 0.29) is 24.0 Å². The largest absolute Gasteiger partial charge is 0.359 e. The number of benzene rings is 1. The van der Waals surface area contributed by atoms with Crippen LogP contribution in [0.2, 0.25) is 0 Å². The summed E-state index contributed by atoms with van der Waals surface area (Å²) in [4.78, 5) is 8.71. The second kappa shape index (κ2) is 9.73. The first-order chi connectivity index (χ1) is 9.81. The van der Waals surface area contributed by atoms with E-state index in [4.69, 9.17) is 0 Å². The summed E-state index contributed by atoms with van der Waals surface area (Å²) in [6, 6.07) is 10.5. The number of halogens is 1. The Morgan fingerprint density at radius 3 is 2.67 bits per heavy atom. The fourth-order valence-electron chi connectivity index (χ4n) is 1.89. The molecule has 0 fully saturated rings. The molecule has 0 saturated carbocycles. The van der Waals surface area contributed by atoms with Crippen LogP contribution >= 0.6 is 35.3 Å². The predicted octanol–water partition coefficient (Wildman–Crippen LogP) is 2.84. The van der Waals surface area contributed by atoms with Crippen LogP contribution in [0.5, 0.6) is 0 Å². The first-order valence-electron chi connectivity index (χ1n) is 6.67. The van der Waals surface area contributed by atoms with E-state index in [1.165, 1.54) is 10.6 Å². The molecule has 0 spiro atoms. The number of hydrogen-bond acceptors (Lipinski definition) is 3. The molecule has 1 aromatic heterocycles. The minimum absolute atomic E-state index is 0. The summed E-state index contributed by atoms with van der Waals surface area (Å²) in [5.74, 6) is 0.781. The number of aliphatic imine (C=N–C) groups is 1. The molecule has 0 saturated heterocycles. The van der Waals surface area contributed by atoms with E-state index >= 15 is 0 Å².